The molecule has 0 saturated heterocycles. The SMILES string of the molecule is C/C=C(\C=C/Nc1cccc2c1oc1ccccc12)c1ccc(C)cc1. The highest BCUT2D eigenvalue weighted by atomic mass is 16.3. The maximum atomic E-state index is 6.05. The molecule has 0 unspecified atom stereocenters. The smallest absolute Gasteiger partial charge is 0.158 e. The van der Waals surface area contributed by atoms with Crippen LogP contribution in [0.3, 0.4) is 0 Å². The lowest BCUT2D eigenvalue weighted by Gasteiger charge is -2.04. The van der Waals surface area contributed by atoms with E-state index in [2.05, 4.69) is 73.8 Å². The van der Waals surface area contributed by atoms with Crippen LogP contribution in [0.2, 0.25) is 0 Å². The van der Waals surface area contributed by atoms with E-state index in [1.54, 1.807) is 0 Å². The van der Waals surface area contributed by atoms with Gasteiger partial charge in [0, 0.05) is 17.0 Å². The van der Waals surface area contributed by atoms with Gasteiger partial charge >= 0.3 is 0 Å². The van der Waals surface area contributed by atoms with Crippen LogP contribution >= 0.6 is 0 Å². The number of nitrogens with one attached hydrogen (secondary N) is 1. The highest BCUT2D eigenvalue weighted by molar-refractivity contribution is 6.08. The molecular formula is C24H21NO. The van der Waals surface area contributed by atoms with Crippen LogP contribution in [0.15, 0.2) is 89.5 Å². The number of aryl methyl sites for hydroxylation is 1. The van der Waals surface area contributed by atoms with Crippen molar-refractivity contribution in [1.29, 1.82) is 0 Å². The summed E-state index contributed by atoms with van der Waals surface area (Å²) in [5.74, 6) is 0. The minimum atomic E-state index is 0.885. The second kappa shape index (κ2) is 6.93. The minimum absolute atomic E-state index is 0.885. The van der Waals surface area contributed by atoms with E-state index in [-0.39, 0.29) is 0 Å². The molecule has 4 rings (SSSR count). The number of hydrogen-bond donors (Lipinski definition) is 1. The predicted octanol–water partition coefficient (Wildman–Crippen LogP) is 6.92. The Morgan fingerprint density at radius 1 is 0.885 bits per heavy atom. The zero-order valence-corrected chi connectivity index (χ0v) is 15.0. The molecule has 0 spiro atoms. The fraction of sp³-hybridized carbons (Fsp3) is 0.0833. The molecule has 0 aliphatic heterocycles. The summed E-state index contributed by atoms with van der Waals surface area (Å²) in [5, 5.41) is 5.65. The average Bonchev–Trinajstić information content (AvgIpc) is 3.06. The van der Waals surface area contributed by atoms with Crippen LogP contribution in [0.25, 0.3) is 27.5 Å². The van der Waals surface area contributed by atoms with Crippen LogP contribution in [-0.4, -0.2) is 0 Å². The maximum absolute atomic E-state index is 6.05. The molecule has 0 aliphatic rings. The fourth-order valence-electron chi connectivity index (χ4n) is 3.19. The molecule has 0 saturated carbocycles. The van der Waals surface area contributed by atoms with Gasteiger partial charge in [0.1, 0.15) is 5.58 Å². The van der Waals surface area contributed by atoms with Crippen molar-refractivity contribution in [3.8, 4) is 0 Å². The Balaban J connectivity index is 1.63. The summed E-state index contributed by atoms with van der Waals surface area (Å²) in [5.41, 5.74) is 6.41. The molecule has 2 nitrogen and oxygen atoms in total. The van der Waals surface area contributed by atoms with E-state index in [9.17, 15) is 0 Å². The van der Waals surface area contributed by atoms with Crippen molar-refractivity contribution in [2.24, 2.45) is 0 Å². The van der Waals surface area contributed by atoms with Crippen LogP contribution in [0.5, 0.6) is 0 Å². The molecule has 3 aromatic carbocycles. The molecule has 0 fully saturated rings. The van der Waals surface area contributed by atoms with E-state index in [1.165, 1.54) is 16.7 Å². The third kappa shape index (κ3) is 3.02. The number of rotatable bonds is 4. The molecule has 4 aromatic rings. The Hall–Kier alpha value is -3.26. The number of benzene rings is 3. The van der Waals surface area contributed by atoms with Crippen molar-refractivity contribution in [3.63, 3.8) is 0 Å². The lowest BCUT2D eigenvalue weighted by atomic mass is 10.0. The van der Waals surface area contributed by atoms with Crippen molar-refractivity contribution in [1.82, 2.24) is 0 Å². The summed E-state index contributed by atoms with van der Waals surface area (Å²) >= 11 is 0. The molecule has 0 radical (unpaired) electrons. The van der Waals surface area contributed by atoms with Crippen molar-refractivity contribution < 1.29 is 4.42 Å². The quantitative estimate of drug-likeness (QED) is 0.408. The standard InChI is InChI=1S/C24H21NO/c1-3-18(19-13-11-17(2)12-14-19)15-16-25-22-9-6-8-21-20-7-4-5-10-23(20)26-24(21)22/h3-16,25H,1-2H3/b16-15-,18-3+. The molecule has 0 aliphatic carbocycles. The van der Waals surface area contributed by atoms with Gasteiger partial charge in [-0.25, -0.2) is 0 Å². The molecule has 1 heterocycles. The summed E-state index contributed by atoms with van der Waals surface area (Å²) < 4.78 is 6.05. The van der Waals surface area contributed by atoms with Gasteiger partial charge in [0.2, 0.25) is 0 Å². The Morgan fingerprint density at radius 3 is 2.46 bits per heavy atom. The normalized spacial score (nSPS) is 12.3. The van der Waals surface area contributed by atoms with Crippen LogP contribution in [0.1, 0.15) is 18.1 Å². The monoisotopic (exact) mass is 339 g/mol. The van der Waals surface area contributed by atoms with Gasteiger partial charge in [-0.05, 0) is 43.2 Å². The van der Waals surface area contributed by atoms with E-state index in [0.717, 1.165) is 27.6 Å². The first-order valence-corrected chi connectivity index (χ1v) is 8.83. The number of furan rings is 1. The predicted molar refractivity (Wildman–Crippen MR) is 111 cm³/mol. The van der Waals surface area contributed by atoms with E-state index in [1.807, 2.05) is 30.5 Å². The van der Waals surface area contributed by atoms with Crippen molar-refractivity contribution in [2.45, 2.75) is 13.8 Å². The van der Waals surface area contributed by atoms with Crippen LogP contribution in [0, 0.1) is 6.92 Å². The summed E-state index contributed by atoms with van der Waals surface area (Å²) in [6.45, 7) is 4.16. The van der Waals surface area contributed by atoms with Crippen LogP contribution in [0.4, 0.5) is 5.69 Å². The maximum Gasteiger partial charge on any atom is 0.158 e. The first kappa shape index (κ1) is 16.2. The summed E-state index contributed by atoms with van der Waals surface area (Å²) in [4.78, 5) is 0. The second-order valence-electron chi connectivity index (χ2n) is 6.37. The number of hydrogen-bond acceptors (Lipinski definition) is 2. The lowest BCUT2D eigenvalue weighted by Crippen LogP contribution is -1.89. The van der Waals surface area contributed by atoms with E-state index >= 15 is 0 Å². The summed E-state index contributed by atoms with van der Waals surface area (Å²) in [7, 11) is 0. The largest absolute Gasteiger partial charge is 0.454 e. The molecular weight excluding hydrogens is 318 g/mol. The van der Waals surface area contributed by atoms with E-state index in [0.29, 0.717) is 0 Å². The minimum Gasteiger partial charge on any atom is -0.454 e. The molecule has 1 aromatic heterocycles. The summed E-state index contributed by atoms with van der Waals surface area (Å²) in [6, 6.07) is 22.9. The highest BCUT2D eigenvalue weighted by Gasteiger charge is 2.09. The zero-order chi connectivity index (χ0) is 17.9. The third-order valence-corrected chi connectivity index (χ3v) is 4.60. The first-order chi connectivity index (χ1) is 12.8. The van der Waals surface area contributed by atoms with Crippen molar-refractivity contribution in [2.75, 3.05) is 5.32 Å². The molecule has 0 atom stereocenters. The highest BCUT2D eigenvalue weighted by Crippen LogP contribution is 2.33. The van der Waals surface area contributed by atoms with Crippen molar-refractivity contribution >= 4 is 33.2 Å². The molecule has 0 bridgehead atoms. The van der Waals surface area contributed by atoms with Gasteiger partial charge in [0.25, 0.3) is 0 Å². The molecule has 0 amide bonds. The average molecular weight is 339 g/mol. The van der Waals surface area contributed by atoms with Crippen molar-refractivity contribution in [3.05, 3.63) is 96.2 Å². The Bertz CT molecular complexity index is 1110. The molecule has 1 N–H and O–H groups in total. The number of para-hydroxylation sites is 2. The topological polar surface area (TPSA) is 25.2 Å². The number of allylic oxidation sites excluding steroid dienone is 3. The van der Waals surface area contributed by atoms with Gasteiger partial charge in [0.15, 0.2) is 5.58 Å². The molecule has 128 valence electrons. The zero-order valence-electron chi connectivity index (χ0n) is 15.0. The first-order valence-electron chi connectivity index (χ1n) is 8.83. The van der Waals surface area contributed by atoms with Gasteiger partial charge in [-0.3, -0.25) is 0 Å². The second-order valence-corrected chi connectivity index (χ2v) is 6.37. The van der Waals surface area contributed by atoms with E-state index < -0.39 is 0 Å². The molecule has 2 heteroatoms. The Labute approximate surface area is 153 Å². The van der Waals surface area contributed by atoms with Gasteiger partial charge in [-0.2, -0.15) is 0 Å². The Morgan fingerprint density at radius 2 is 1.65 bits per heavy atom. The number of anilines is 1. The summed E-state index contributed by atoms with van der Waals surface area (Å²) in [6.07, 6.45) is 6.17. The van der Waals surface area contributed by atoms with Crippen LogP contribution in [-0.2, 0) is 0 Å². The van der Waals surface area contributed by atoms with Gasteiger partial charge < -0.3 is 9.73 Å². The lowest BCUT2D eigenvalue weighted by molar-refractivity contribution is 0.670. The van der Waals surface area contributed by atoms with Gasteiger partial charge in [-0.15, -0.1) is 0 Å². The molecule has 26 heavy (non-hydrogen) atoms. The van der Waals surface area contributed by atoms with E-state index in [4.69, 9.17) is 4.42 Å². The van der Waals surface area contributed by atoms with Crippen LogP contribution < -0.4 is 5.32 Å². The van der Waals surface area contributed by atoms with Gasteiger partial charge in [0.05, 0.1) is 5.69 Å². The third-order valence-electron chi connectivity index (χ3n) is 4.60. The Kier molecular flexibility index (Phi) is 4.32. The van der Waals surface area contributed by atoms with Gasteiger partial charge in [-0.1, -0.05) is 66.2 Å². The fourth-order valence-corrected chi connectivity index (χ4v) is 3.19. The number of fused-ring (bicyclic) bond motifs is 3.